The number of hydrogen-bond donors (Lipinski definition) is 0. The Kier molecular flexibility index (Phi) is 5.06. The molecule has 0 aliphatic heterocycles. The van der Waals surface area contributed by atoms with E-state index in [1.54, 1.807) is 6.07 Å². The molecule has 2 rings (SSSR count). The smallest absolute Gasteiger partial charge is 0.216 e. The Bertz CT molecular complexity index is 654. The molecule has 0 bridgehead atoms. The number of ketones is 1. The maximum absolute atomic E-state index is 12.4. The van der Waals surface area contributed by atoms with Crippen LogP contribution in [-0.2, 0) is 19.4 Å². The van der Waals surface area contributed by atoms with Crippen molar-refractivity contribution in [1.29, 1.82) is 0 Å². The summed E-state index contributed by atoms with van der Waals surface area (Å²) in [6.07, 6.45) is 2.38. The highest BCUT2D eigenvalue weighted by atomic mass is 79.9. The molecular weight excluding hydrogens is 336 g/mol. The number of Topliss-reactive ketones (excluding diaryl/α,β-unsaturated/α-hetero) is 1. The Labute approximate surface area is 131 Å². The zero-order valence-electron chi connectivity index (χ0n) is 12.3. The summed E-state index contributed by atoms with van der Waals surface area (Å²) >= 11 is 3.54. The molecule has 0 fully saturated rings. The number of aromatic nitrogens is 4. The number of nitrogens with zero attached hydrogens (tertiary/aromatic N) is 4. The standard InChI is InChI=1S/C14H17BrN4O2/c1-4-9-14(15)11(19(5-2)18-9)7-12(20)10-6-13(21-3)17-8-16-10/h6,8H,4-5,7H2,1-3H3. The van der Waals surface area contributed by atoms with Crippen LogP contribution in [0.1, 0.15) is 35.7 Å². The lowest BCUT2D eigenvalue weighted by atomic mass is 10.1. The number of carbonyl (C=O) groups excluding carboxylic acids is 1. The maximum atomic E-state index is 12.4. The van der Waals surface area contributed by atoms with Crippen molar-refractivity contribution in [2.24, 2.45) is 0 Å². The lowest BCUT2D eigenvalue weighted by Crippen LogP contribution is -2.11. The second kappa shape index (κ2) is 6.80. The minimum atomic E-state index is -0.0892. The van der Waals surface area contributed by atoms with Crippen molar-refractivity contribution >= 4 is 21.7 Å². The van der Waals surface area contributed by atoms with Crippen molar-refractivity contribution in [3.8, 4) is 5.88 Å². The van der Waals surface area contributed by atoms with Crippen LogP contribution in [0.25, 0.3) is 0 Å². The van der Waals surface area contributed by atoms with E-state index in [-0.39, 0.29) is 12.2 Å². The van der Waals surface area contributed by atoms with Crippen molar-refractivity contribution in [2.75, 3.05) is 7.11 Å². The monoisotopic (exact) mass is 352 g/mol. The van der Waals surface area contributed by atoms with Crippen molar-refractivity contribution < 1.29 is 9.53 Å². The predicted octanol–water partition coefficient (Wildman–Crippen LogP) is 2.45. The third kappa shape index (κ3) is 3.29. The second-order valence-corrected chi connectivity index (χ2v) is 5.22. The van der Waals surface area contributed by atoms with Crippen LogP contribution >= 0.6 is 15.9 Å². The van der Waals surface area contributed by atoms with Crippen LogP contribution in [0.5, 0.6) is 5.88 Å². The average Bonchev–Trinajstić information content (AvgIpc) is 2.83. The first kappa shape index (κ1) is 15.6. The summed E-state index contributed by atoms with van der Waals surface area (Å²) in [4.78, 5) is 20.3. The summed E-state index contributed by atoms with van der Waals surface area (Å²) in [6.45, 7) is 4.75. The van der Waals surface area contributed by atoms with Gasteiger partial charge in [-0.05, 0) is 29.3 Å². The quantitative estimate of drug-likeness (QED) is 0.746. The van der Waals surface area contributed by atoms with Gasteiger partial charge in [0.05, 0.1) is 29.4 Å². The van der Waals surface area contributed by atoms with Gasteiger partial charge in [-0.1, -0.05) is 6.92 Å². The van der Waals surface area contributed by atoms with E-state index in [2.05, 4.69) is 31.0 Å². The van der Waals surface area contributed by atoms with Gasteiger partial charge in [-0.3, -0.25) is 9.48 Å². The fraction of sp³-hybridized carbons (Fsp3) is 0.429. The molecule has 7 heteroatoms. The Hall–Kier alpha value is -1.76. The zero-order valence-corrected chi connectivity index (χ0v) is 13.8. The molecule has 0 unspecified atom stereocenters. The van der Waals surface area contributed by atoms with Crippen LogP contribution in [-0.4, -0.2) is 32.6 Å². The van der Waals surface area contributed by atoms with E-state index < -0.39 is 0 Å². The number of carbonyl (C=O) groups is 1. The van der Waals surface area contributed by atoms with Crippen LogP contribution < -0.4 is 4.74 Å². The van der Waals surface area contributed by atoms with Crippen molar-refractivity contribution in [3.05, 3.63) is 33.9 Å². The molecule has 0 saturated heterocycles. The van der Waals surface area contributed by atoms with Crippen LogP contribution in [0.3, 0.4) is 0 Å². The minimum Gasteiger partial charge on any atom is -0.481 e. The van der Waals surface area contributed by atoms with Crippen molar-refractivity contribution in [2.45, 2.75) is 33.2 Å². The molecule has 0 atom stereocenters. The number of methoxy groups -OCH3 is 1. The molecule has 0 aliphatic carbocycles. The largest absolute Gasteiger partial charge is 0.481 e. The molecule has 0 spiro atoms. The van der Waals surface area contributed by atoms with Gasteiger partial charge in [0.25, 0.3) is 0 Å². The Morgan fingerprint density at radius 2 is 2.14 bits per heavy atom. The third-order valence-corrected chi connectivity index (χ3v) is 4.07. The lowest BCUT2D eigenvalue weighted by Gasteiger charge is -2.05. The van der Waals surface area contributed by atoms with Gasteiger partial charge < -0.3 is 4.74 Å². The van der Waals surface area contributed by atoms with Crippen LogP contribution in [0, 0.1) is 0 Å². The van der Waals surface area contributed by atoms with Crippen LogP contribution in [0.4, 0.5) is 0 Å². The van der Waals surface area contributed by atoms with E-state index in [1.165, 1.54) is 13.4 Å². The van der Waals surface area contributed by atoms with Crippen molar-refractivity contribution in [3.63, 3.8) is 0 Å². The fourth-order valence-corrected chi connectivity index (χ4v) is 2.74. The molecule has 112 valence electrons. The van der Waals surface area contributed by atoms with Gasteiger partial charge in [0.2, 0.25) is 5.88 Å². The topological polar surface area (TPSA) is 69.9 Å². The highest BCUT2D eigenvalue weighted by Gasteiger charge is 2.19. The average molecular weight is 353 g/mol. The maximum Gasteiger partial charge on any atom is 0.216 e. The van der Waals surface area contributed by atoms with E-state index in [9.17, 15) is 4.79 Å². The molecule has 6 nitrogen and oxygen atoms in total. The van der Waals surface area contributed by atoms with Gasteiger partial charge in [0, 0.05) is 12.6 Å². The molecule has 2 heterocycles. The molecule has 0 N–H and O–H groups in total. The van der Waals surface area contributed by atoms with Gasteiger partial charge in [0.1, 0.15) is 12.0 Å². The lowest BCUT2D eigenvalue weighted by molar-refractivity contribution is 0.0985. The highest BCUT2D eigenvalue weighted by Crippen LogP contribution is 2.23. The summed E-state index contributed by atoms with van der Waals surface area (Å²) in [5.74, 6) is 0.291. The number of halogens is 1. The van der Waals surface area contributed by atoms with Crippen LogP contribution in [0.15, 0.2) is 16.9 Å². The molecule has 0 aromatic carbocycles. The molecule has 2 aromatic heterocycles. The van der Waals surface area contributed by atoms with E-state index >= 15 is 0 Å². The highest BCUT2D eigenvalue weighted by molar-refractivity contribution is 9.10. The number of hydrogen-bond acceptors (Lipinski definition) is 5. The Balaban J connectivity index is 2.28. The SMILES string of the molecule is CCc1nn(CC)c(CC(=O)c2cc(OC)ncn2)c1Br. The summed E-state index contributed by atoms with van der Waals surface area (Å²) in [6, 6.07) is 1.55. The summed E-state index contributed by atoms with van der Waals surface area (Å²) in [5.41, 5.74) is 2.17. The van der Waals surface area contributed by atoms with Gasteiger partial charge in [0.15, 0.2) is 5.78 Å². The van der Waals surface area contributed by atoms with Gasteiger partial charge in [-0.25, -0.2) is 9.97 Å². The van der Waals surface area contributed by atoms with E-state index in [1.807, 2.05) is 18.5 Å². The van der Waals surface area contributed by atoms with E-state index in [0.717, 1.165) is 22.3 Å². The number of ether oxygens (including phenoxy) is 1. The molecule has 0 saturated carbocycles. The molecular formula is C14H17BrN4O2. The number of aryl methyl sites for hydroxylation is 2. The molecule has 0 radical (unpaired) electrons. The van der Waals surface area contributed by atoms with E-state index in [4.69, 9.17) is 4.74 Å². The first-order valence-electron chi connectivity index (χ1n) is 6.73. The minimum absolute atomic E-state index is 0.0892. The first-order chi connectivity index (χ1) is 10.1. The van der Waals surface area contributed by atoms with Gasteiger partial charge >= 0.3 is 0 Å². The molecule has 0 aliphatic rings. The first-order valence-corrected chi connectivity index (χ1v) is 7.53. The summed E-state index contributed by atoms with van der Waals surface area (Å²) in [5, 5.41) is 4.49. The van der Waals surface area contributed by atoms with Gasteiger partial charge in [-0.2, -0.15) is 5.10 Å². The predicted molar refractivity (Wildman–Crippen MR) is 81.6 cm³/mol. The molecule has 21 heavy (non-hydrogen) atoms. The normalized spacial score (nSPS) is 10.7. The zero-order chi connectivity index (χ0) is 15.4. The summed E-state index contributed by atoms with van der Waals surface area (Å²) < 4.78 is 7.77. The summed E-state index contributed by atoms with van der Waals surface area (Å²) in [7, 11) is 1.51. The van der Waals surface area contributed by atoms with Gasteiger partial charge in [-0.15, -0.1) is 0 Å². The van der Waals surface area contributed by atoms with E-state index in [0.29, 0.717) is 18.1 Å². The fourth-order valence-electron chi connectivity index (χ4n) is 2.03. The Morgan fingerprint density at radius 3 is 2.76 bits per heavy atom. The Morgan fingerprint density at radius 1 is 1.38 bits per heavy atom. The third-order valence-electron chi connectivity index (χ3n) is 3.16. The second-order valence-electron chi connectivity index (χ2n) is 4.42. The number of rotatable bonds is 6. The molecule has 2 aromatic rings. The van der Waals surface area contributed by atoms with Crippen molar-refractivity contribution in [1.82, 2.24) is 19.7 Å². The molecule has 0 amide bonds. The van der Waals surface area contributed by atoms with Crippen LogP contribution in [0.2, 0.25) is 0 Å².